The lowest BCUT2D eigenvalue weighted by Gasteiger charge is -2.11. The van der Waals surface area contributed by atoms with Gasteiger partial charge in [-0.3, -0.25) is 4.79 Å². The second-order valence-electron chi connectivity index (χ2n) is 7.78. The van der Waals surface area contributed by atoms with Crippen molar-refractivity contribution in [3.8, 4) is 22.9 Å². The van der Waals surface area contributed by atoms with Crippen LogP contribution in [0.5, 0.6) is 11.5 Å². The minimum absolute atomic E-state index is 0.139. The number of sulfonamides is 1. The van der Waals surface area contributed by atoms with Crippen LogP contribution in [0.4, 0.5) is 0 Å². The monoisotopic (exact) mass is 488 g/mol. The molecule has 2 aromatic carbocycles. The van der Waals surface area contributed by atoms with Crippen molar-refractivity contribution in [3.63, 3.8) is 0 Å². The molecule has 1 aromatic heterocycles. The number of aromatic nitrogens is 2. The topological polar surface area (TPSA) is 133 Å². The van der Waals surface area contributed by atoms with Crippen LogP contribution in [0.2, 0.25) is 0 Å². The van der Waals surface area contributed by atoms with E-state index in [-0.39, 0.29) is 36.2 Å². The molecule has 0 aliphatic heterocycles. The Balaban J connectivity index is 1.55. The minimum Gasteiger partial charge on any atom is -0.493 e. The van der Waals surface area contributed by atoms with Gasteiger partial charge in [-0.1, -0.05) is 17.3 Å². The first-order chi connectivity index (χ1) is 16.2. The summed E-state index contributed by atoms with van der Waals surface area (Å²) in [5.74, 6) is 1.62. The standard InChI is InChI=1S/C23H28N4O6S/c1-15(2)27-34(29,30)18-7-5-6-16(12-18)14-24-21(28)10-11-22-25-23(26-33-22)17-8-9-19(31-3)20(13-17)32-4/h5-9,12-13,15,27H,10-11,14H2,1-4H3,(H,24,28). The summed E-state index contributed by atoms with van der Waals surface area (Å²) in [5, 5.41) is 6.75. The number of hydrogen-bond donors (Lipinski definition) is 2. The molecule has 0 atom stereocenters. The van der Waals surface area contributed by atoms with Crippen molar-refractivity contribution >= 4 is 15.9 Å². The third-order valence-electron chi connectivity index (χ3n) is 4.77. The number of amides is 1. The van der Waals surface area contributed by atoms with Crippen molar-refractivity contribution in [2.45, 2.75) is 44.2 Å². The zero-order valence-electron chi connectivity index (χ0n) is 19.5. The van der Waals surface area contributed by atoms with Crippen LogP contribution >= 0.6 is 0 Å². The lowest BCUT2D eigenvalue weighted by molar-refractivity contribution is -0.121. The zero-order valence-corrected chi connectivity index (χ0v) is 20.3. The van der Waals surface area contributed by atoms with Crippen molar-refractivity contribution in [3.05, 3.63) is 53.9 Å². The Hall–Kier alpha value is -3.44. The molecule has 3 aromatic rings. The first kappa shape index (κ1) is 25.2. The molecule has 11 heteroatoms. The first-order valence-corrected chi connectivity index (χ1v) is 12.1. The number of benzene rings is 2. The van der Waals surface area contributed by atoms with Gasteiger partial charge in [0, 0.05) is 31.0 Å². The van der Waals surface area contributed by atoms with Crippen LogP contribution in [0, 0.1) is 0 Å². The van der Waals surface area contributed by atoms with E-state index in [1.807, 2.05) is 0 Å². The summed E-state index contributed by atoms with van der Waals surface area (Å²) in [4.78, 5) is 16.8. The Morgan fingerprint density at radius 1 is 1.09 bits per heavy atom. The Bertz CT molecular complexity index is 1240. The normalized spacial score (nSPS) is 11.4. The van der Waals surface area contributed by atoms with E-state index in [0.29, 0.717) is 34.3 Å². The Kier molecular flexibility index (Phi) is 8.24. The summed E-state index contributed by atoms with van der Waals surface area (Å²) in [5.41, 5.74) is 1.37. The Morgan fingerprint density at radius 3 is 2.56 bits per heavy atom. The van der Waals surface area contributed by atoms with Crippen LogP contribution in [0.1, 0.15) is 31.7 Å². The molecular weight excluding hydrogens is 460 g/mol. The van der Waals surface area contributed by atoms with E-state index in [1.54, 1.807) is 64.5 Å². The number of hydrogen-bond acceptors (Lipinski definition) is 8. The number of nitrogens with one attached hydrogen (secondary N) is 2. The maximum absolute atomic E-state index is 12.3. The van der Waals surface area contributed by atoms with Gasteiger partial charge in [-0.2, -0.15) is 4.98 Å². The SMILES string of the molecule is COc1ccc(-c2noc(CCC(=O)NCc3cccc(S(=O)(=O)NC(C)C)c3)n2)cc1OC. The third kappa shape index (κ3) is 6.55. The van der Waals surface area contributed by atoms with Gasteiger partial charge in [0.2, 0.25) is 27.6 Å². The van der Waals surface area contributed by atoms with E-state index in [1.165, 1.54) is 6.07 Å². The molecule has 0 spiro atoms. The van der Waals surface area contributed by atoms with Crippen LogP contribution in [-0.4, -0.2) is 44.7 Å². The van der Waals surface area contributed by atoms with Crippen molar-refractivity contribution in [2.24, 2.45) is 0 Å². The van der Waals surface area contributed by atoms with Gasteiger partial charge in [-0.15, -0.1) is 0 Å². The Labute approximate surface area is 198 Å². The highest BCUT2D eigenvalue weighted by Crippen LogP contribution is 2.31. The predicted octanol–water partition coefficient (Wildman–Crippen LogP) is 2.69. The zero-order chi connectivity index (χ0) is 24.7. The van der Waals surface area contributed by atoms with Gasteiger partial charge in [0.25, 0.3) is 0 Å². The number of aryl methyl sites for hydroxylation is 1. The molecule has 0 aliphatic rings. The predicted molar refractivity (Wildman–Crippen MR) is 125 cm³/mol. The minimum atomic E-state index is -3.60. The van der Waals surface area contributed by atoms with Crippen LogP contribution in [-0.2, 0) is 27.8 Å². The lowest BCUT2D eigenvalue weighted by atomic mass is 10.2. The largest absolute Gasteiger partial charge is 0.493 e. The molecule has 0 fully saturated rings. The summed E-state index contributed by atoms with van der Waals surface area (Å²) in [7, 11) is -0.507. The molecule has 1 heterocycles. The summed E-state index contributed by atoms with van der Waals surface area (Å²) >= 11 is 0. The van der Waals surface area contributed by atoms with Gasteiger partial charge >= 0.3 is 0 Å². The van der Waals surface area contributed by atoms with E-state index < -0.39 is 10.0 Å². The average molecular weight is 489 g/mol. The van der Waals surface area contributed by atoms with Gasteiger partial charge in [0.1, 0.15) is 0 Å². The molecule has 1 amide bonds. The van der Waals surface area contributed by atoms with Crippen LogP contribution in [0.15, 0.2) is 51.9 Å². The van der Waals surface area contributed by atoms with Crippen molar-refractivity contribution in [1.82, 2.24) is 20.2 Å². The molecule has 10 nitrogen and oxygen atoms in total. The van der Waals surface area contributed by atoms with E-state index in [2.05, 4.69) is 20.2 Å². The first-order valence-electron chi connectivity index (χ1n) is 10.6. The fourth-order valence-corrected chi connectivity index (χ4v) is 4.48. The second kappa shape index (κ2) is 11.1. The maximum atomic E-state index is 12.3. The van der Waals surface area contributed by atoms with E-state index in [0.717, 1.165) is 0 Å². The molecule has 0 radical (unpaired) electrons. The molecule has 0 aliphatic carbocycles. The molecule has 182 valence electrons. The van der Waals surface area contributed by atoms with Crippen molar-refractivity contribution < 1.29 is 27.2 Å². The van der Waals surface area contributed by atoms with Crippen LogP contribution in [0.25, 0.3) is 11.4 Å². The summed E-state index contributed by atoms with van der Waals surface area (Å²) < 4.78 is 43.0. The van der Waals surface area contributed by atoms with Crippen LogP contribution in [0.3, 0.4) is 0 Å². The van der Waals surface area contributed by atoms with E-state index >= 15 is 0 Å². The number of carbonyl (C=O) groups excluding carboxylic acids is 1. The molecular formula is C23H28N4O6S. The Morgan fingerprint density at radius 2 is 1.85 bits per heavy atom. The highest BCUT2D eigenvalue weighted by Gasteiger charge is 2.16. The highest BCUT2D eigenvalue weighted by atomic mass is 32.2. The average Bonchev–Trinajstić information content (AvgIpc) is 3.29. The van der Waals surface area contributed by atoms with Crippen molar-refractivity contribution in [1.29, 1.82) is 0 Å². The van der Waals surface area contributed by atoms with Gasteiger partial charge in [0.15, 0.2) is 11.5 Å². The van der Waals surface area contributed by atoms with Crippen LogP contribution < -0.4 is 19.5 Å². The smallest absolute Gasteiger partial charge is 0.240 e. The summed E-state index contributed by atoms with van der Waals surface area (Å²) in [6, 6.07) is 11.5. The van der Waals surface area contributed by atoms with E-state index in [4.69, 9.17) is 14.0 Å². The molecule has 2 N–H and O–H groups in total. The third-order valence-corrected chi connectivity index (χ3v) is 6.42. The number of carbonyl (C=O) groups is 1. The summed E-state index contributed by atoms with van der Waals surface area (Å²) in [6.45, 7) is 3.70. The van der Waals surface area contributed by atoms with Gasteiger partial charge in [-0.05, 0) is 49.7 Å². The lowest BCUT2D eigenvalue weighted by Crippen LogP contribution is -2.30. The fraction of sp³-hybridized carbons (Fsp3) is 0.348. The number of methoxy groups -OCH3 is 2. The maximum Gasteiger partial charge on any atom is 0.240 e. The quantitative estimate of drug-likeness (QED) is 0.421. The molecule has 34 heavy (non-hydrogen) atoms. The van der Waals surface area contributed by atoms with Gasteiger partial charge in [-0.25, -0.2) is 13.1 Å². The molecule has 0 bridgehead atoms. The van der Waals surface area contributed by atoms with Gasteiger partial charge < -0.3 is 19.3 Å². The number of rotatable bonds is 11. The number of ether oxygens (including phenoxy) is 2. The van der Waals surface area contributed by atoms with Gasteiger partial charge in [0.05, 0.1) is 19.1 Å². The van der Waals surface area contributed by atoms with E-state index in [9.17, 15) is 13.2 Å². The molecule has 3 rings (SSSR count). The number of nitrogens with zero attached hydrogens (tertiary/aromatic N) is 2. The fourth-order valence-electron chi connectivity index (χ4n) is 3.16. The summed E-state index contributed by atoms with van der Waals surface area (Å²) in [6.07, 6.45) is 0.402. The highest BCUT2D eigenvalue weighted by molar-refractivity contribution is 7.89. The molecule has 0 saturated carbocycles. The molecule has 0 unspecified atom stereocenters. The second-order valence-corrected chi connectivity index (χ2v) is 9.50. The molecule has 0 saturated heterocycles. The van der Waals surface area contributed by atoms with Crippen molar-refractivity contribution in [2.75, 3.05) is 14.2 Å².